The molecule has 0 heterocycles. The Morgan fingerprint density at radius 2 is 2.00 bits per heavy atom. The van der Waals surface area contributed by atoms with Crippen molar-refractivity contribution in [1.29, 1.82) is 0 Å². The number of carbonyl (C=O) groups excluding carboxylic acids is 1. The van der Waals surface area contributed by atoms with E-state index in [9.17, 15) is 15.0 Å². The van der Waals surface area contributed by atoms with E-state index in [4.69, 9.17) is 10.5 Å². The van der Waals surface area contributed by atoms with Crippen LogP contribution in [0.15, 0.2) is 47.6 Å². The van der Waals surface area contributed by atoms with Crippen LogP contribution in [0.3, 0.4) is 0 Å². The van der Waals surface area contributed by atoms with Crippen LogP contribution in [0.1, 0.15) is 11.1 Å². The Bertz CT molecular complexity index is 729. The number of hydrazone groups is 1. The minimum Gasteiger partial charge on any atom is -0.508 e. The second kappa shape index (κ2) is 7.98. The first-order valence-electron chi connectivity index (χ1n) is 7.23. The molecule has 7 heteroatoms. The molecule has 2 rings (SSSR count). The number of nitrogens with zero attached hydrogens (tertiary/aromatic N) is 1. The molecular formula is C17H19N3O4. The van der Waals surface area contributed by atoms with E-state index < -0.39 is 11.9 Å². The van der Waals surface area contributed by atoms with Gasteiger partial charge in [0.15, 0.2) is 11.5 Å². The molecule has 0 bridgehead atoms. The maximum atomic E-state index is 11.9. The number of hydrogen-bond donors (Lipinski definition) is 4. The molecule has 7 nitrogen and oxygen atoms in total. The number of benzene rings is 2. The molecule has 0 aliphatic carbocycles. The van der Waals surface area contributed by atoms with Crippen molar-refractivity contribution in [2.75, 3.05) is 7.11 Å². The van der Waals surface area contributed by atoms with Crippen LogP contribution in [0.25, 0.3) is 0 Å². The third-order valence-electron chi connectivity index (χ3n) is 3.32. The number of carbonyl (C=O) groups is 1. The van der Waals surface area contributed by atoms with Gasteiger partial charge in [-0.1, -0.05) is 12.1 Å². The fraction of sp³-hybridized carbons (Fsp3) is 0.176. The Kier molecular flexibility index (Phi) is 5.75. The van der Waals surface area contributed by atoms with Gasteiger partial charge in [-0.25, -0.2) is 5.43 Å². The zero-order valence-electron chi connectivity index (χ0n) is 13.1. The van der Waals surface area contributed by atoms with E-state index in [1.54, 1.807) is 24.3 Å². The molecule has 0 aromatic heterocycles. The van der Waals surface area contributed by atoms with Gasteiger partial charge in [0.1, 0.15) is 5.75 Å². The van der Waals surface area contributed by atoms with Crippen molar-refractivity contribution in [2.45, 2.75) is 12.5 Å². The summed E-state index contributed by atoms with van der Waals surface area (Å²) in [5.74, 6) is 0.0691. The summed E-state index contributed by atoms with van der Waals surface area (Å²) in [6, 6.07) is 10.4. The molecule has 24 heavy (non-hydrogen) atoms. The van der Waals surface area contributed by atoms with E-state index in [0.29, 0.717) is 17.7 Å². The lowest BCUT2D eigenvalue weighted by atomic mass is 10.1. The van der Waals surface area contributed by atoms with Crippen LogP contribution in [0.5, 0.6) is 17.2 Å². The molecule has 0 saturated heterocycles. The van der Waals surface area contributed by atoms with Crippen molar-refractivity contribution in [1.82, 2.24) is 5.43 Å². The molecule has 1 amide bonds. The number of amides is 1. The summed E-state index contributed by atoms with van der Waals surface area (Å²) in [5, 5.41) is 22.6. The summed E-state index contributed by atoms with van der Waals surface area (Å²) >= 11 is 0. The molecule has 2 aromatic carbocycles. The zero-order chi connectivity index (χ0) is 17.5. The van der Waals surface area contributed by atoms with Crippen LogP contribution in [0, 0.1) is 0 Å². The predicted molar refractivity (Wildman–Crippen MR) is 90.2 cm³/mol. The minimum atomic E-state index is -0.763. The van der Waals surface area contributed by atoms with Gasteiger partial charge in [0, 0.05) is 0 Å². The summed E-state index contributed by atoms with van der Waals surface area (Å²) < 4.78 is 4.99. The van der Waals surface area contributed by atoms with Crippen molar-refractivity contribution in [3.63, 3.8) is 0 Å². The molecule has 0 spiro atoms. The molecule has 2 aromatic rings. The van der Waals surface area contributed by atoms with E-state index >= 15 is 0 Å². The Hall–Kier alpha value is -3.06. The van der Waals surface area contributed by atoms with Crippen molar-refractivity contribution in [3.8, 4) is 17.2 Å². The van der Waals surface area contributed by atoms with Gasteiger partial charge in [-0.3, -0.25) is 4.79 Å². The fourth-order valence-electron chi connectivity index (χ4n) is 2.01. The SMILES string of the molecule is COc1cc(C=NNC(=O)C(N)Cc2ccc(O)cc2)ccc1O. The number of nitrogens with one attached hydrogen (secondary N) is 1. The van der Waals surface area contributed by atoms with Gasteiger partial charge in [0.2, 0.25) is 0 Å². The number of nitrogens with two attached hydrogens (primary N) is 1. The molecular weight excluding hydrogens is 310 g/mol. The molecule has 0 aliphatic heterocycles. The number of aromatic hydroxyl groups is 2. The standard InChI is InChI=1S/C17H19N3O4/c1-24-16-9-12(4-7-15(16)22)10-19-20-17(23)14(18)8-11-2-5-13(21)6-3-11/h2-7,9-10,14,21-22H,8,18H2,1H3,(H,20,23). The van der Waals surface area contributed by atoms with Gasteiger partial charge in [0.05, 0.1) is 19.4 Å². The highest BCUT2D eigenvalue weighted by Crippen LogP contribution is 2.25. The number of hydrogen-bond acceptors (Lipinski definition) is 6. The lowest BCUT2D eigenvalue weighted by Gasteiger charge is -2.09. The van der Waals surface area contributed by atoms with Gasteiger partial charge in [-0.2, -0.15) is 5.10 Å². The molecule has 0 fully saturated rings. The lowest BCUT2D eigenvalue weighted by molar-refractivity contribution is -0.122. The van der Waals surface area contributed by atoms with Gasteiger partial charge in [0.25, 0.3) is 5.91 Å². The molecule has 1 atom stereocenters. The quantitative estimate of drug-likeness (QED) is 0.468. The average Bonchev–Trinajstić information content (AvgIpc) is 2.58. The van der Waals surface area contributed by atoms with Crippen molar-refractivity contribution in [2.24, 2.45) is 10.8 Å². The summed E-state index contributed by atoms with van der Waals surface area (Å²) in [6.07, 6.45) is 1.75. The summed E-state index contributed by atoms with van der Waals surface area (Å²) in [7, 11) is 1.44. The highest BCUT2D eigenvalue weighted by Gasteiger charge is 2.13. The summed E-state index contributed by atoms with van der Waals surface area (Å²) in [4.78, 5) is 11.9. The van der Waals surface area contributed by atoms with Crippen LogP contribution in [-0.4, -0.2) is 35.5 Å². The summed E-state index contributed by atoms with van der Waals surface area (Å²) in [5.41, 5.74) is 9.68. The van der Waals surface area contributed by atoms with Crippen molar-refractivity contribution in [3.05, 3.63) is 53.6 Å². The zero-order valence-corrected chi connectivity index (χ0v) is 13.1. The third-order valence-corrected chi connectivity index (χ3v) is 3.32. The van der Waals surface area contributed by atoms with Gasteiger partial charge >= 0.3 is 0 Å². The highest BCUT2D eigenvalue weighted by atomic mass is 16.5. The monoisotopic (exact) mass is 329 g/mol. The Balaban J connectivity index is 1.90. The first-order valence-corrected chi connectivity index (χ1v) is 7.23. The van der Waals surface area contributed by atoms with Crippen molar-refractivity contribution >= 4 is 12.1 Å². The number of methoxy groups -OCH3 is 1. The molecule has 0 aliphatic rings. The Morgan fingerprint density at radius 3 is 2.67 bits per heavy atom. The maximum absolute atomic E-state index is 11.9. The van der Waals surface area contributed by atoms with E-state index in [1.165, 1.54) is 31.5 Å². The highest BCUT2D eigenvalue weighted by molar-refractivity contribution is 5.85. The molecule has 0 saturated carbocycles. The normalized spacial score (nSPS) is 12.1. The number of phenols is 2. The van der Waals surface area contributed by atoms with E-state index in [0.717, 1.165) is 5.56 Å². The largest absolute Gasteiger partial charge is 0.508 e. The van der Waals surface area contributed by atoms with Gasteiger partial charge < -0.3 is 20.7 Å². The Morgan fingerprint density at radius 1 is 1.29 bits per heavy atom. The van der Waals surface area contributed by atoms with E-state index in [-0.39, 0.29) is 11.5 Å². The van der Waals surface area contributed by atoms with E-state index in [1.807, 2.05) is 0 Å². The predicted octanol–water partition coefficient (Wildman–Crippen LogP) is 1.13. The van der Waals surface area contributed by atoms with Crippen LogP contribution in [0.4, 0.5) is 0 Å². The lowest BCUT2D eigenvalue weighted by Crippen LogP contribution is -2.39. The van der Waals surface area contributed by atoms with Crippen LogP contribution in [-0.2, 0) is 11.2 Å². The van der Waals surface area contributed by atoms with Gasteiger partial charge in [-0.05, 0) is 47.9 Å². The van der Waals surface area contributed by atoms with E-state index in [2.05, 4.69) is 10.5 Å². The number of rotatable bonds is 6. The minimum absolute atomic E-state index is 0.0228. The smallest absolute Gasteiger partial charge is 0.257 e. The molecule has 0 radical (unpaired) electrons. The molecule has 1 unspecified atom stereocenters. The van der Waals surface area contributed by atoms with Gasteiger partial charge in [-0.15, -0.1) is 0 Å². The first kappa shape index (κ1) is 17.3. The second-order valence-corrected chi connectivity index (χ2v) is 5.14. The first-order chi connectivity index (χ1) is 11.5. The average molecular weight is 329 g/mol. The summed E-state index contributed by atoms with van der Waals surface area (Å²) in [6.45, 7) is 0. The number of ether oxygens (including phenoxy) is 1. The molecule has 5 N–H and O–H groups in total. The topological polar surface area (TPSA) is 117 Å². The third kappa shape index (κ3) is 4.72. The van der Waals surface area contributed by atoms with Crippen LogP contribution in [0.2, 0.25) is 0 Å². The molecule has 126 valence electrons. The second-order valence-electron chi connectivity index (χ2n) is 5.14. The van der Waals surface area contributed by atoms with Crippen LogP contribution < -0.4 is 15.9 Å². The maximum Gasteiger partial charge on any atom is 0.257 e. The Labute approximate surface area is 139 Å². The fourth-order valence-corrected chi connectivity index (χ4v) is 2.01. The van der Waals surface area contributed by atoms with Crippen LogP contribution >= 0.6 is 0 Å². The van der Waals surface area contributed by atoms with Crippen molar-refractivity contribution < 1.29 is 19.7 Å². The number of phenolic OH excluding ortho intramolecular Hbond substituents is 2.